The van der Waals surface area contributed by atoms with Gasteiger partial charge in [0.2, 0.25) is 10.0 Å². The maximum Gasteiger partial charge on any atom is 0.277 e. The van der Waals surface area contributed by atoms with Crippen molar-refractivity contribution in [2.75, 3.05) is 5.75 Å². The zero-order valence-corrected chi connectivity index (χ0v) is 6.54. The van der Waals surface area contributed by atoms with E-state index in [1.165, 1.54) is 0 Å². The Hall–Kier alpha value is -0.300. The van der Waals surface area contributed by atoms with Gasteiger partial charge in [0, 0.05) is 6.92 Å². The molecule has 7 heteroatoms. The van der Waals surface area contributed by atoms with Gasteiger partial charge in [-0.15, -0.1) is 0 Å². The average Bonchev–Trinajstić information content (AvgIpc) is 1.56. The Balaban J connectivity index is 4.21. The van der Waals surface area contributed by atoms with Gasteiger partial charge in [-0.05, 0) is 0 Å². The Morgan fingerprint density at radius 1 is 1.55 bits per heavy atom. The van der Waals surface area contributed by atoms with E-state index < -0.39 is 27.9 Å². The van der Waals surface area contributed by atoms with Crippen LogP contribution in [0.5, 0.6) is 0 Å². The van der Waals surface area contributed by atoms with Gasteiger partial charge in [-0.3, -0.25) is 0 Å². The standard InChI is InChI=1S/C4H8F3NO2S/c1-4(6,7)3(5)2-11(8,9)10/h3H,2H2,1H3,(H2,8,9,10). The molecule has 0 rings (SSSR count). The molecule has 1 unspecified atom stereocenters. The lowest BCUT2D eigenvalue weighted by Gasteiger charge is -2.13. The van der Waals surface area contributed by atoms with Gasteiger partial charge in [-0.2, -0.15) is 0 Å². The SMILES string of the molecule is CC(F)(F)C(F)CS(N)(=O)=O. The molecule has 11 heavy (non-hydrogen) atoms. The van der Waals surface area contributed by atoms with Crippen molar-refractivity contribution in [3.8, 4) is 0 Å². The van der Waals surface area contributed by atoms with Crippen LogP contribution in [0, 0.1) is 0 Å². The summed E-state index contributed by atoms with van der Waals surface area (Å²) in [4.78, 5) is 0. The second-order valence-electron chi connectivity index (χ2n) is 2.25. The van der Waals surface area contributed by atoms with Crippen molar-refractivity contribution in [3.05, 3.63) is 0 Å². The Labute approximate surface area is 62.4 Å². The van der Waals surface area contributed by atoms with Crippen LogP contribution in [-0.4, -0.2) is 26.3 Å². The van der Waals surface area contributed by atoms with Crippen molar-refractivity contribution < 1.29 is 21.6 Å². The lowest BCUT2D eigenvalue weighted by atomic mass is 10.3. The first-order valence-electron chi connectivity index (χ1n) is 2.65. The molecule has 0 aliphatic rings. The average molecular weight is 191 g/mol. The maximum absolute atomic E-state index is 12.2. The van der Waals surface area contributed by atoms with Crippen LogP contribution in [-0.2, 0) is 10.0 Å². The third-order valence-corrected chi connectivity index (χ3v) is 1.69. The summed E-state index contributed by atoms with van der Waals surface area (Å²) in [5.74, 6) is -5.01. The summed E-state index contributed by atoms with van der Waals surface area (Å²) in [5, 5.41) is 4.33. The molecule has 0 aromatic heterocycles. The summed E-state index contributed by atoms with van der Waals surface area (Å²) < 4.78 is 56.3. The molecule has 0 aromatic rings. The number of hydrogen-bond acceptors (Lipinski definition) is 2. The lowest BCUT2D eigenvalue weighted by Crippen LogP contribution is -2.35. The molecule has 0 amide bonds. The van der Waals surface area contributed by atoms with Gasteiger partial charge in [0.1, 0.15) is 5.75 Å². The zero-order chi connectivity index (χ0) is 9.28. The van der Waals surface area contributed by atoms with Gasteiger partial charge >= 0.3 is 0 Å². The van der Waals surface area contributed by atoms with Crippen molar-refractivity contribution in [3.63, 3.8) is 0 Å². The van der Waals surface area contributed by atoms with Crippen LogP contribution in [0.1, 0.15) is 6.92 Å². The molecule has 0 fully saturated rings. The van der Waals surface area contributed by atoms with Crippen LogP contribution < -0.4 is 5.14 Å². The van der Waals surface area contributed by atoms with Crippen molar-refractivity contribution in [1.29, 1.82) is 0 Å². The number of sulfonamides is 1. The van der Waals surface area contributed by atoms with Crippen LogP contribution in [0.3, 0.4) is 0 Å². The van der Waals surface area contributed by atoms with Gasteiger partial charge in [-0.25, -0.2) is 26.7 Å². The number of halogens is 3. The number of hydrogen-bond donors (Lipinski definition) is 1. The van der Waals surface area contributed by atoms with Crippen molar-refractivity contribution >= 4 is 10.0 Å². The van der Waals surface area contributed by atoms with Crippen molar-refractivity contribution in [1.82, 2.24) is 0 Å². The molecule has 0 radical (unpaired) electrons. The molecule has 0 aliphatic carbocycles. The lowest BCUT2D eigenvalue weighted by molar-refractivity contribution is -0.0455. The predicted molar refractivity (Wildman–Crippen MR) is 33.5 cm³/mol. The minimum Gasteiger partial charge on any atom is -0.240 e. The third-order valence-electron chi connectivity index (χ3n) is 0.929. The molecule has 2 N–H and O–H groups in total. The summed E-state index contributed by atoms with van der Waals surface area (Å²) in [5.41, 5.74) is 0. The number of nitrogens with two attached hydrogens (primary N) is 1. The van der Waals surface area contributed by atoms with Gasteiger partial charge in [-0.1, -0.05) is 0 Å². The van der Waals surface area contributed by atoms with Gasteiger partial charge < -0.3 is 0 Å². The molecule has 68 valence electrons. The highest BCUT2D eigenvalue weighted by molar-refractivity contribution is 7.89. The molecule has 0 aliphatic heterocycles. The molecule has 0 saturated heterocycles. The van der Waals surface area contributed by atoms with E-state index in [-0.39, 0.29) is 0 Å². The molecule has 0 aromatic carbocycles. The van der Waals surface area contributed by atoms with Crippen molar-refractivity contribution in [2.24, 2.45) is 5.14 Å². The topological polar surface area (TPSA) is 60.2 Å². The van der Waals surface area contributed by atoms with Crippen LogP contribution >= 0.6 is 0 Å². The quantitative estimate of drug-likeness (QED) is 0.696. The minimum absolute atomic E-state index is 0.294. The molecule has 1 atom stereocenters. The van der Waals surface area contributed by atoms with Crippen LogP contribution in [0.4, 0.5) is 13.2 Å². The number of rotatable bonds is 3. The zero-order valence-electron chi connectivity index (χ0n) is 5.72. The predicted octanol–water partition coefficient (Wildman–Crippen LogP) is 0.268. The Morgan fingerprint density at radius 3 is 2.00 bits per heavy atom. The van der Waals surface area contributed by atoms with E-state index in [4.69, 9.17) is 0 Å². The molecule has 0 saturated carbocycles. The van der Waals surface area contributed by atoms with E-state index in [0.717, 1.165) is 0 Å². The number of alkyl halides is 3. The fraction of sp³-hybridized carbons (Fsp3) is 1.00. The van der Waals surface area contributed by atoms with E-state index in [1.807, 2.05) is 0 Å². The molecule has 0 bridgehead atoms. The molecule has 0 spiro atoms. The van der Waals surface area contributed by atoms with Crippen LogP contribution in [0.2, 0.25) is 0 Å². The smallest absolute Gasteiger partial charge is 0.240 e. The van der Waals surface area contributed by atoms with E-state index >= 15 is 0 Å². The fourth-order valence-corrected chi connectivity index (χ4v) is 1.05. The van der Waals surface area contributed by atoms with Gasteiger partial charge in [0.05, 0.1) is 0 Å². The summed E-state index contributed by atoms with van der Waals surface area (Å²) in [6.07, 6.45) is -2.74. The van der Waals surface area contributed by atoms with Crippen molar-refractivity contribution in [2.45, 2.75) is 19.0 Å². The summed E-state index contributed by atoms with van der Waals surface area (Å²) in [7, 11) is -4.16. The highest BCUT2D eigenvalue weighted by Crippen LogP contribution is 2.20. The highest BCUT2D eigenvalue weighted by atomic mass is 32.2. The van der Waals surface area contributed by atoms with Crippen LogP contribution in [0.25, 0.3) is 0 Å². The Morgan fingerprint density at radius 2 is 1.91 bits per heavy atom. The molecule has 0 heterocycles. The normalized spacial score (nSPS) is 16.5. The van der Waals surface area contributed by atoms with Crippen LogP contribution in [0.15, 0.2) is 0 Å². The number of primary sulfonamides is 1. The maximum atomic E-state index is 12.2. The summed E-state index contributed by atoms with van der Waals surface area (Å²) in [6, 6.07) is 0. The first-order valence-corrected chi connectivity index (χ1v) is 4.37. The van der Waals surface area contributed by atoms with E-state index in [2.05, 4.69) is 5.14 Å². The first kappa shape index (κ1) is 10.7. The molecular formula is C4H8F3NO2S. The summed E-state index contributed by atoms with van der Waals surface area (Å²) in [6.45, 7) is 0.294. The second-order valence-corrected chi connectivity index (χ2v) is 3.91. The molecular weight excluding hydrogens is 183 g/mol. The van der Waals surface area contributed by atoms with Gasteiger partial charge in [0.25, 0.3) is 5.92 Å². The van der Waals surface area contributed by atoms with E-state index in [0.29, 0.717) is 6.92 Å². The third kappa shape index (κ3) is 5.02. The summed E-state index contributed by atoms with van der Waals surface area (Å²) >= 11 is 0. The van der Waals surface area contributed by atoms with E-state index in [1.54, 1.807) is 0 Å². The molecule has 3 nitrogen and oxygen atoms in total. The largest absolute Gasteiger partial charge is 0.277 e. The monoisotopic (exact) mass is 191 g/mol. The minimum atomic E-state index is -4.16. The van der Waals surface area contributed by atoms with Gasteiger partial charge in [0.15, 0.2) is 6.17 Å². The second kappa shape index (κ2) is 2.98. The Bertz CT molecular complexity index is 220. The fourth-order valence-electron chi connectivity index (χ4n) is 0.350. The first-order chi connectivity index (χ1) is 4.63. The Kier molecular flexibility index (Phi) is 2.90. The highest BCUT2D eigenvalue weighted by Gasteiger charge is 2.36. The van der Waals surface area contributed by atoms with E-state index in [9.17, 15) is 21.6 Å².